The molecule has 0 spiro atoms. The summed E-state index contributed by atoms with van der Waals surface area (Å²) in [5.41, 5.74) is 0.646. The highest BCUT2D eigenvalue weighted by atomic mass is 35.5. The van der Waals surface area contributed by atoms with E-state index in [0.717, 1.165) is 12.8 Å². The number of carbonyl (C=O) groups excluding carboxylic acids is 2. The Morgan fingerprint density at radius 2 is 2.32 bits per heavy atom. The van der Waals surface area contributed by atoms with Gasteiger partial charge < -0.3 is 10.6 Å². The first-order chi connectivity index (χ1) is 9.15. The first kappa shape index (κ1) is 13.8. The van der Waals surface area contributed by atoms with Crippen LogP contribution in [0.1, 0.15) is 12.8 Å². The van der Waals surface area contributed by atoms with Crippen molar-refractivity contribution in [3.63, 3.8) is 0 Å². The number of hydrogen-bond donors (Lipinski definition) is 3. The van der Waals surface area contributed by atoms with E-state index < -0.39 is 0 Å². The number of benzene rings is 1. The normalized spacial score (nSPS) is 18.8. The average molecular weight is 282 g/mol. The molecule has 2 amide bonds. The molecule has 0 radical (unpaired) electrons. The molecule has 3 N–H and O–H groups in total. The topological polar surface area (TPSA) is 70.2 Å². The zero-order chi connectivity index (χ0) is 13.7. The summed E-state index contributed by atoms with van der Waals surface area (Å²) in [6.07, 6.45) is 1.69. The molecule has 1 aliphatic heterocycles. The average Bonchev–Trinajstić information content (AvgIpc) is 2.38. The van der Waals surface area contributed by atoms with Crippen LogP contribution >= 0.6 is 11.6 Å². The van der Waals surface area contributed by atoms with Crippen molar-refractivity contribution in [2.45, 2.75) is 18.9 Å². The van der Waals surface area contributed by atoms with Gasteiger partial charge in [-0.2, -0.15) is 0 Å². The summed E-state index contributed by atoms with van der Waals surface area (Å²) in [7, 11) is 0. The van der Waals surface area contributed by atoms with Crippen molar-refractivity contribution in [2.75, 3.05) is 18.4 Å². The van der Waals surface area contributed by atoms with E-state index in [1.54, 1.807) is 24.3 Å². The molecule has 0 aromatic heterocycles. The van der Waals surface area contributed by atoms with Crippen molar-refractivity contribution in [3.05, 3.63) is 29.3 Å². The maximum atomic E-state index is 11.7. The minimum Gasteiger partial charge on any atom is -0.355 e. The van der Waals surface area contributed by atoms with Crippen molar-refractivity contribution < 1.29 is 9.59 Å². The zero-order valence-corrected chi connectivity index (χ0v) is 11.2. The number of halogens is 1. The maximum Gasteiger partial charge on any atom is 0.238 e. The van der Waals surface area contributed by atoms with Crippen LogP contribution in [0.5, 0.6) is 0 Å². The van der Waals surface area contributed by atoms with E-state index in [9.17, 15) is 9.59 Å². The molecule has 0 saturated carbocycles. The Hall–Kier alpha value is -1.59. The quantitative estimate of drug-likeness (QED) is 0.775. The molecule has 6 heteroatoms. The third-order valence-corrected chi connectivity index (χ3v) is 3.14. The van der Waals surface area contributed by atoms with E-state index in [4.69, 9.17) is 11.6 Å². The fourth-order valence-corrected chi connectivity index (χ4v) is 2.14. The summed E-state index contributed by atoms with van der Waals surface area (Å²) < 4.78 is 0. The Balaban J connectivity index is 1.80. The summed E-state index contributed by atoms with van der Waals surface area (Å²) in [5, 5.41) is 9.00. The van der Waals surface area contributed by atoms with Gasteiger partial charge in [0.2, 0.25) is 11.8 Å². The van der Waals surface area contributed by atoms with Gasteiger partial charge in [-0.05, 0) is 31.0 Å². The second kappa shape index (κ2) is 6.54. The summed E-state index contributed by atoms with van der Waals surface area (Å²) >= 11 is 5.83. The van der Waals surface area contributed by atoms with E-state index in [1.165, 1.54) is 0 Å². The van der Waals surface area contributed by atoms with E-state index in [1.807, 2.05) is 0 Å². The highest BCUT2D eigenvalue weighted by Crippen LogP contribution is 2.14. The number of amides is 2. The lowest BCUT2D eigenvalue weighted by Crippen LogP contribution is -2.50. The third kappa shape index (κ3) is 4.22. The molecule has 5 nitrogen and oxygen atoms in total. The first-order valence-electron chi connectivity index (χ1n) is 6.21. The van der Waals surface area contributed by atoms with Crippen LogP contribution in [-0.4, -0.2) is 30.9 Å². The van der Waals surface area contributed by atoms with Crippen LogP contribution in [0, 0.1) is 0 Å². The summed E-state index contributed by atoms with van der Waals surface area (Å²) in [5.74, 6) is -0.234. The smallest absolute Gasteiger partial charge is 0.238 e. The van der Waals surface area contributed by atoms with Crippen molar-refractivity contribution in [1.82, 2.24) is 10.6 Å². The number of nitrogens with one attached hydrogen (secondary N) is 3. The molecular formula is C13H16ClN3O2. The molecule has 1 aliphatic rings. The van der Waals surface area contributed by atoms with Gasteiger partial charge in [-0.3, -0.25) is 14.9 Å². The lowest BCUT2D eigenvalue weighted by Gasteiger charge is -2.22. The molecule has 102 valence electrons. The standard InChI is InChI=1S/C13H16ClN3O2/c14-9-3-1-4-10(7-9)17-12(18)8-16-11-5-2-6-15-13(11)19/h1,3-4,7,11,16H,2,5-6,8H2,(H,15,19)(H,17,18). The van der Waals surface area contributed by atoms with E-state index in [0.29, 0.717) is 17.3 Å². The van der Waals surface area contributed by atoms with Crippen molar-refractivity contribution in [2.24, 2.45) is 0 Å². The number of hydrogen-bond acceptors (Lipinski definition) is 3. The van der Waals surface area contributed by atoms with Crippen LogP contribution in [0.15, 0.2) is 24.3 Å². The second-order valence-electron chi connectivity index (χ2n) is 4.43. The van der Waals surface area contributed by atoms with Gasteiger partial charge in [-0.15, -0.1) is 0 Å². The largest absolute Gasteiger partial charge is 0.355 e. The van der Waals surface area contributed by atoms with Gasteiger partial charge in [-0.1, -0.05) is 17.7 Å². The Morgan fingerprint density at radius 3 is 3.05 bits per heavy atom. The fraction of sp³-hybridized carbons (Fsp3) is 0.385. The molecular weight excluding hydrogens is 266 g/mol. The molecule has 1 heterocycles. The van der Waals surface area contributed by atoms with E-state index >= 15 is 0 Å². The zero-order valence-electron chi connectivity index (χ0n) is 10.4. The SMILES string of the molecule is O=C(CNC1CCCNC1=O)Nc1cccc(Cl)c1. The van der Waals surface area contributed by atoms with Crippen molar-refractivity contribution in [3.8, 4) is 0 Å². The van der Waals surface area contributed by atoms with Gasteiger partial charge >= 0.3 is 0 Å². The minimum absolute atomic E-state index is 0.0400. The maximum absolute atomic E-state index is 11.7. The van der Waals surface area contributed by atoms with Crippen molar-refractivity contribution in [1.29, 1.82) is 0 Å². The van der Waals surface area contributed by atoms with Gasteiger partial charge in [0.15, 0.2) is 0 Å². The van der Waals surface area contributed by atoms with Crippen molar-refractivity contribution >= 4 is 29.1 Å². The molecule has 0 aliphatic carbocycles. The molecule has 1 unspecified atom stereocenters. The van der Waals surface area contributed by atoms with Crippen LogP contribution < -0.4 is 16.0 Å². The lowest BCUT2D eigenvalue weighted by molar-refractivity contribution is -0.124. The molecule has 1 aromatic rings. The number of anilines is 1. The second-order valence-corrected chi connectivity index (χ2v) is 4.86. The molecule has 1 aromatic carbocycles. The first-order valence-corrected chi connectivity index (χ1v) is 6.59. The highest BCUT2D eigenvalue weighted by Gasteiger charge is 2.21. The molecule has 1 saturated heterocycles. The van der Waals surface area contributed by atoms with Gasteiger partial charge in [0.05, 0.1) is 12.6 Å². The summed E-state index contributed by atoms with van der Waals surface area (Å²) in [6.45, 7) is 0.816. The Bertz CT molecular complexity index is 479. The van der Waals surface area contributed by atoms with E-state index in [2.05, 4.69) is 16.0 Å². The van der Waals surface area contributed by atoms with Crippen LogP contribution in [0.3, 0.4) is 0 Å². The molecule has 0 bridgehead atoms. The van der Waals surface area contributed by atoms with Crippen LogP contribution in [0.4, 0.5) is 5.69 Å². The predicted octanol–water partition coefficient (Wildman–Crippen LogP) is 1.15. The predicted molar refractivity (Wildman–Crippen MR) is 74.1 cm³/mol. The molecule has 19 heavy (non-hydrogen) atoms. The third-order valence-electron chi connectivity index (χ3n) is 2.90. The monoisotopic (exact) mass is 281 g/mol. The fourth-order valence-electron chi connectivity index (χ4n) is 1.95. The number of piperidine rings is 1. The summed E-state index contributed by atoms with van der Waals surface area (Å²) in [6, 6.07) is 6.66. The molecule has 1 fully saturated rings. The van der Waals surface area contributed by atoms with E-state index in [-0.39, 0.29) is 24.4 Å². The minimum atomic E-state index is -0.279. The van der Waals surface area contributed by atoms with Crippen LogP contribution in [0.2, 0.25) is 5.02 Å². The van der Waals surface area contributed by atoms with Crippen LogP contribution in [0.25, 0.3) is 0 Å². The highest BCUT2D eigenvalue weighted by molar-refractivity contribution is 6.30. The van der Waals surface area contributed by atoms with Gasteiger partial charge in [-0.25, -0.2) is 0 Å². The number of rotatable bonds is 4. The Morgan fingerprint density at radius 1 is 1.47 bits per heavy atom. The van der Waals surface area contributed by atoms with Crippen LogP contribution in [-0.2, 0) is 9.59 Å². The molecule has 2 rings (SSSR count). The Labute approximate surface area is 116 Å². The van der Waals surface area contributed by atoms with Gasteiger partial charge in [0.25, 0.3) is 0 Å². The molecule has 1 atom stereocenters. The Kier molecular flexibility index (Phi) is 4.76. The summed E-state index contributed by atoms with van der Waals surface area (Å²) in [4.78, 5) is 23.2. The van der Waals surface area contributed by atoms with Gasteiger partial charge in [0.1, 0.15) is 0 Å². The lowest BCUT2D eigenvalue weighted by atomic mass is 10.1. The van der Waals surface area contributed by atoms with Gasteiger partial charge in [0, 0.05) is 17.3 Å². The number of carbonyl (C=O) groups is 2.